The van der Waals surface area contributed by atoms with Crippen LogP contribution >= 0.6 is 11.6 Å². The number of rotatable bonds is 7. The van der Waals surface area contributed by atoms with Crippen LogP contribution in [-0.2, 0) is 10.3 Å². The van der Waals surface area contributed by atoms with E-state index in [0.29, 0.717) is 29.9 Å². The van der Waals surface area contributed by atoms with E-state index >= 15 is 0 Å². The minimum atomic E-state index is -4.99. The summed E-state index contributed by atoms with van der Waals surface area (Å²) in [4.78, 5) is 12.4. The Balaban J connectivity index is 1.79. The first kappa shape index (κ1) is 25.7. The van der Waals surface area contributed by atoms with Crippen LogP contribution in [0, 0.1) is 0 Å². The Labute approximate surface area is 210 Å². The molecule has 0 saturated heterocycles. The molecule has 3 aromatic rings. The fraction of sp³-hybridized carbons (Fsp3) is 0.348. The van der Waals surface area contributed by atoms with Gasteiger partial charge in [0.1, 0.15) is 11.3 Å². The number of alkyl halides is 3. The molecule has 0 bridgehead atoms. The molecular formula is C23H26ClF3N8O. The smallest absolute Gasteiger partial charge is 0.408 e. The molecule has 192 valence electrons. The van der Waals surface area contributed by atoms with E-state index in [1.165, 1.54) is 12.3 Å². The molecule has 0 amide bonds. The van der Waals surface area contributed by atoms with Crippen LogP contribution in [0.2, 0.25) is 5.02 Å². The number of halogens is 4. The minimum Gasteiger partial charge on any atom is -0.408 e. The lowest BCUT2D eigenvalue weighted by Gasteiger charge is -2.37. The predicted molar refractivity (Wildman–Crippen MR) is 129 cm³/mol. The van der Waals surface area contributed by atoms with Gasteiger partial charge in [-0.25, -0.2) is 14.5 Å². The first-order chi connectivity index (χ1) is 16.9. The number of pyridine rings is 1. The van der Waals surface area contributed by atoms with Gasteiger partial charge in [-0.05, 0) is 26.2 Å². The van der Waals surface area contributed by atoms with Crippen molar-refractivity contribution < 1.29 is 17.9 Å². The zero-order valence-corrected chi connectivity index (χ0v) is 20.7. The Morgan fingerprint density at radius 2 is 1.94 bits per heavy atom. The van der Waals surface area contributed by atoms with Gasteiger partial charge in [0, 0.05) is 56.3 Å². The van der Waals surface area contributed by atoms with Gasteiger partial charge in [-0.3, -0.25) is 0 Å². The van der Waals surface area contributed by atoms with Crippen molar-refractivity contribution in [3.8, 4) is 11.3 Å². The molecule has 0 spiro atoms. The van der Waals surface area contributed by atoms with Gasteiger partial charge in [0.2, 0.25) is 0 Å². The standard InChI is InChI=1S/C23H26ClF3N8O/c1-33(2)8-9-34(3)18-10-19(36-23(25,26)27)22(29,11-16(18)28)21-30-13-15(24)20(32-21)14-12-31-35-7-5-4-6-17(14)35/h4-7,10,12-13H,8-9,11,28-29H2,1-3H3. The van der Waals surface area contributed by atoms with Crippen molar-refractivity contribution in [1.82, 2.24) is 29.4 Å². The normalized spacial score (nSPS) is 18.6. The summed E-state index contributed by atoms with van der Waals surface area (Å²) >= 11 is 6.40. The van der Waals surface area contributed by atoms with E-state index < -0.39 is 17.7 Å². The summed E-state index contributed by atoms with van der Waals surface area (Å²) in [5, 5.41) is 4.46. The molecule has 0 radical (unpaired) electrons. The number of aromatic nitrogens is 4. The molecule has 0 saturated carbocycles. The third-order valence-electron chi connectivity index (χ3n) is 5.85. The van der Waals surface area contributed by atoms with Crippen molar-refractivity contribution >= 4 is 17.1 Å². The number of fused-ring (bicyclic) bond motifs is 1. The molecule has 1 unspecified atom stereocenters. The van der Waals surface area contributed by atoms with Gasteiger partial charge in [0.05, 0.1) is 28.1 Å². The lowest BCUT2D eigenvalue weighted by molar-refractivity contribution is -0.310. The largest absolute Gasteiger partial charge is 0.572 e. The van der Waals surface area contributed by atoms with Crippen molar-refractivity contribution in [1.29, 1.82) is 0 Å². The second-order valence-corrected chi connectivity index (χ2v) is 9.23. The van der Waals surface area contributed by atoms with E-state index in [4.69, 9.17) is 23.1 Å². The lowest BCUT2D eigenvalue weighted by atomic mass is 9.85. The highest BCUT2D eigenvalue weighted by molar-refractivity contribution is 6.33. The molecule has 0 aromatic carbocycles. The zero-order chi connectivity index (χ0) is 26.3. The number of hydrogen-bond donors (Lipinski definition) is 2. The van der Waals surface area contributed by atoms with E-state index in [1.807, 2.05) is 37.2 Å². The summed E-state index contributed by atoms with van der Waals surface area (Å²) in [5.74, 6) is -0.685. The maximum Gasteiger partial charge on any atom is 0.572 e. The summed E-state index contributed by atoms with van der Waals surface area (Å²) in [5.41, 5.74) is 13.2. The Morgan fingerprint density at radius 1 is 1.19 bits per heavy atom. The molecule has 1 atom stereocenters. The van der Waals surface area contributed by atoms with Crippen LogP contribution in [0.5, 0.6) is 0 Å². The summed E-state index contributed by atoms with van der Waals surface area (Å²) in [6.45, 7) is 1.18. The van der Waals surface area contributed by atoms with Gasteiger partial charge in [0.15, 0.2) is 5.82 Å². The molecule has 0 aliphatic heterocycles. The second kappa shape index (κ2) is 9.60. The molecule has 1 aliphatic rings. The summed E-state index contributed by atoms with van der Waals surface area (Å²) < 4.78 is 46.4. The highest BCUT2D eigenvalue weighted by atomic mass is 35.5. The van der Waals surface area contributed by atoms with Gasteiger partial charge in [-0.1, -0.05) is 17.7 Å². The first-order valence-electron chi connectivity index (χ1n) is 11.0. The quantitative estimate of drug-likeness (QED) is 0.487. The molecule has 36 heavy (non-hydrogen) atoms. The number of nitrogens with two attached hydrogens (primary N) is 2. The fourth-order valence-corrected chi connectivity index (χ4v) is 4.16. The average Bonchev–Trinajstić information content (AvgIpc) is 3.22. The van der Waals surface area contributed by atoms with Crippen molar-refractivity contribution in [3.63, 3.8) is 0 Å². The van der Waals surface area contributed by atoms with Crippen LogP contribution < -0.4 is 11.5 Å². The van der Waals surface area contributed by atoms with Crippen LogP contribution in [-0.4, -0.2) is 70.0 Å². The van der Waals surface area contributed by atoms with Crippen molar-refractivity contribution in [3.05, 3.63) is 70.9 Å². The van der Waals surface area contributed by atoms with Crippen LogP contribution in [0.25, 0.3) is 16.8 Å². The van der Waals surface area contributed by atoms with Crippen LogP contribution in [0.15, 0.2) is 60.0 Å². The number of allylic oxidation sites excluding steroid dienone is 1. The number of ether oxygens (including phenoxy) is 1. The number of likely N-dealkylation sites (N-methyl/N-ethyl adjacent to an activating group) is 2. The molecule has 4 N–H and O–H groups in total. The monoisotopic (exact) mass is 522 g/mol. The van der Waals surface area contributed by atoms with Gasteiger partial charge >= 0.3 is 6.36 Å². The molecule has 3 heterocycles. The third-order valence-corrected chi connectivity index (χ3v) is 6.13. The van der Waals surface area contributed by atoms with Crippen LogP contribution in [0.4, 0.5) is 13.2 Å². The highest BCUT2D eigenvalue weighted by Crippen LogP contribution is 2.41. The maximum atomic E-state index is 13.5. The lowest BCUT2D eigenvalue weighted by Crippen LogP contribution is -2.47. The van der Waals surface area contributed by atoms with E-state index in [2.05, 4.69) is 19.8 Å². The number of nitrogens with zero attached hydrogens (tertiary/aromatic N) is 6. The number of hydrogen-bond acceptors (Lipinski definition) is 8. The van der Waals surface area contributed by atoms with E-state index in [1.54, 1.807) is 28.9 Å². The summed E-state index contributed by atoms with van der Waals surface area (Å²) in [6.07, 6.45) is 0.615. The fourth-order valence-electron chi connectivity index (χ4n) is 3.97. The highest BCUT2D eigenvalue weighted by Gasteiger charge is 2.46. The SMILES string of the molecule is CN(C)CCN(C)C1=C(N)CC(N)(c2ncc(Cl)c(-c3cnn4ccccc34)n2)C(OC(F)(F)F)=C1. The Kier molecular flexibility index (Phi) is 6.86. The molecular weight excluding hydrogens is 497 g/mol. The van der Waals surface area contributed by atoms with Crippen molar-refractivity contribution in [2.45, 2.75) is 18.3 Å². The predicted octanol–water partition coefficient (Wildman–Crippen LogP) is 3.09. The van der Waals surface area contributed by atoms with Gasteiger partial charge in [-0.2, -0.15) is 5.10 Å². The first-order valence-corrected chi connectivity index (χ1v) is 11.3. The van der Waals surface area contributed by atoms with E-state index in [9.17, 15) is 13.2 Å². The zero-order valence-electron chi connectivity index (χ0n) is 19.9. The van der Waals surface area contributed by atoms with E-state index in [0.717, 1.165) is 0 Å². The molecule has 0 fully saturated rings. The molecule has 4 rings (SSSR count). The topological polar surface area (TPSA) is 111 Å². The van der Waals surface area contributed by atoms with Gasteiger partial charge < -0.3 is 26.0 Å². The second-order valence-electron chi connectivity index (χ2n) is 8.82. The molecule has 3 aromatic heterocycles. The maximum absolute atomic E-state index is 13.5. The van der Waals surface area contributed by atoms with Gasteiger partial charge in [-0.15, -0.1) is 13.2 Å². The minimum absolute atomic E-state index is 0.120. The van der Waals surface area contributed by atoms with Crippen LogP contribution in [0.1, 0.15) is 12.2 Å². The Morgan fingerprint density at radius 3 is 2.64 bits per heavy atom. The molecule has 9 nitrogen and oxygen atoms in total. The third kappa shape index (κ3) is 5.11. The van der Waals surface area contributed by atoms with Crippen LogP contribution in [0.3, 0.4) is 0 Å². The average molecular weight is 523 g/mol. The molecule has 13 heteroatoms. The van der Waals surface area contributed by atoms with Gasteiger partial charge in [0.25, 0.3) is 0 Å². The van der Waals surface area contributed by atoms with Crippen molar-refractivity contribution in [2.75, 3.05) is 34.2 Å². The van der Waals surface area contributed by atoms with E-state index in [-0.39, 0.29) is 28.7 Å². The summed E-state index contributed by atoms with van der Waals surface area (Å²) in [7, 11) is 5.52. The Hall–Kier alpha value is -3.35. The molecule has 1 aliphatic carbocycles. The van der Waals surface area contributed by atoms with Crippen molar-refractivity contribution in [2.24, 2.45) is 11.5 Å². The summed E-state index contributed by atoms with van der Waals surface area (Å²) in [6, 6.07) is 5.44. The Bertz CT molecular complexity index is 1340.